The highest BCUT2D eigenvalue weighted by molar-refractivity contribution is 6.34. The van der Waals surface area contributed by atoms with Gasteiger partial charge in [-0.2, -0.15) is 0 Å². The minimum absolute atomic E-state index is 0.0326. The first-order valence-corrected chi connectivity index (χ1v) is 10.8. The zero-order valence-corrected chi connectivity index (χ0v) is 16.6. The van der Waals surface area contributed by atoms with Gasteiger partial charge in [0.1, 0.15) is 5.78 Å². The van der Waals surface area contributed by atoms with Crippen molar-refractivity contribution >= 4 is 40.6 Å². The third kappa shape index (κ3) is 1.67. The predicted molar refractivity (Wildman–Crippen MR) is 109 cm³/mol. The molecule has 8 rings (SSSR count). The number of nitrogens with zero attached hydrogens (tertiary/aromatic N) is 1. The van der Waals surface area contributed by atoms with Crippen LogP contribution in [0.15, 0.2) is 42.7 Å². The number of anilines is 2. The van der Waals surface area contributed by atoms with E-state index in [2.05, 4.69) is 15.6 Å². The van der Waals surface area contributed by atoms with E-state index in [4.69, 9.17) is 11.6 Å². The lowest BCUT2D eigenvalue weighted by molar-refractivity contribution is -0.245. The second-order valence-corrected chi connectivity index (χ2v) is 9.78. The lowest BCUT2D eigenvalue weighted by atomic mass is 9.31. The SMILES string of the molecule is O=C(Nc1cccnc1)c1ccc(NC(=O)C23C4C(=O)C5C6CC(C52)C3C64)cc1Cl. The molecule has 1 heterocycles. The fourth-order valence-electron chi connectivity index (χ4n) is 8.07. The van der Waals surface area contributed by atoms with Crippen molar-refractivity contribution in [2.75, 3.05) is 10.6 Å². The van der Waals surface area contributed by atoms with Crippen molar-refractivity contribution < 1.29 is 14.4 Å². The number of pyridine rings is 1. The normalized spacial score (nSPS) is 40.2. The summed E-state index contributed by atoms with van der Waals surface area (Å²) in [6, 6.07) is 8.37. The molecule has 1 aromatic carbocycles. The molecule has 0 aliphatic heterocycles. The predicted octanol–water partition coefficient (Wildman–Crippen LogP) is 3.25. The first kappa shape index (κ1) is 17.0. The van der Waals surface area contributed by atoms with Gasteiger partial charge in [0.2, 0.25) is 5.91 Å². The molecule has 6 aliphatic rings. The summed E-state index contributed by atoms with van der Waals surface area (Å²) in [5.74, 6) is 2.33. The Hall–Kier alpha value is -2.73. The topological polar surface area (TPSA) is 88.2 Å². The number of rotatable bonds is 4. The molecule has 8 unspecified atom stereocenters. The molecule has 30 heavy (non-hydrogen) atoms. The fraction of sp³-hybridized carbons (Fsp3) is 0.391. The van der Waals surface area contributed by atoms with Gasteiger partial charge in [-0.05, 0) is 66.3 Å². The fourth-order valence-corrected chi connectivity index (χ4v) is 8.34. The van der Waals surface area contributed by atoms with Crippen LogP contribution in [0.1, 0.15) is 16.8 Å². The molecule has 0 saturated heterocycles. The van der Waals surface area contributed by atoms with Crippen LogP contribution in [-0.2, 0) is 9.59 Å². The summed E-state index contributed by atoms with van der Waals surface area (Å²) >= 11 is 6.35. The Morgan fingerprint density at radius 1 is 1.10 bits per heavy atom. The average molecular weight is 420 g/mol. The Bertz CT molecular complexity index is 1170. The Morgan fingerprint density at radius 3 is 2.70 bits per heavy atom. The van der Waals surface area contributed by atoms with Crippen LogP contribution in [0, 0.1) is 46.8 Å². The van der Waals surface area contributed by atoms with Crippen LogP contribution < -0.4 is 10.6 Å². The second kappa shape index (κ2) is 5.30. The summed E-state index contributed by atoms with van der Waals surface area (Å²) in [4.78, 5) is 42.5. The van der Waals surface area contributed by atoms with Gasteiger partial charge in [0, 0.05) is 23.7 Å². The standard InChI is InChI=1S/C23H18ClN3O3/c24-14-6-9(3-4-11(14)21(29)26-10-2-1-5-25-8-10)27-22(30)23-17-13-7-12-15(17)19(23)20(28)16(12)18(13)23/h1-6,8,12-13,15-19H,7H2,(H,26,29)(H,27,30). The zero-order valence-electron chi connectivity index (χ0n) is 15.8. The molecule has 0 radical (unpaired) electrons. The van der Waals surface area contributed by atoms with E-state index in [9.17, 15) is 14.4 Å². The van der Waals surface area contributed by atoms with Crippen LogP contribution in [0.5, 0.6) is 0 Å². The van der Waals surface area contributed by atoms with Gasteiger partial charge in [0.05, 0.1) is 27.9 Å². The van der Waals surface area contributed by atoms with Crippen molar-refractivity contribution in [1.82, 2.24) is 4.98 Å². The number of hydrogen-bond acceptors (Lipinski definition) is 4. The van der Waals surface area contributed by atoms with E-state index in [1.165, 1.54) is 0 Å². The number of hydrogen-bond donors (Lipinski definition) is 2. The minimum Gasteiger partial charge on any atom is -0.326 e. The average Bonchev–Trinajstić information content (AvgIpc) is 3.23. The number of carbonyl (C=O) groups excluding carboxylic acids is 3. The molecule has 6 aliphatic carbocycles. The van der Waals surface area contributed by atoms with Crippen LogP contribution >= 0.6 is 11.6 Å². The number of carbonyl (C=O) groups is 3. The smallest absolute Gasteiger partial charge is 0.257 e. The van der Waals surface area contributed by atoms with E-state index >= 15 is 0 Å². The van der Waals surface area contributed by atoms with Crippen LogP contribution in [0.25, 0.3) is 0 Å². The summed E-state index contributed by atoms with van der Waals surface area (Å²) in [6.45, 7) is 0. The highest BCUT2D eigenvalue weighted by Crippen LogP contribution is 2.92. The quantitative estimate of drug-likeness (QED) is 0.796. The Labute approximate surface area is 177 Å². The summed E-state index contributed by atoms with van der Waals surface area (Å²) in [5, 5.41) is 6.02. The molecule has 0 spiro atoms. The molecule has 8 atom stereocenters. The maximum atomic E-state index is 13.3. The maximum Gasteiger partial charge on any atom is 0.257 e. The zero-order chi connectivity index (χ0) is 20.4. The van der Waals surface area contributed by atoms with Gasteiger partial charge in [-0.15, -0.1) is 0 Å². The number of nitrogens with one attached hydrogen (secondary N) is 2. The summed E-state index contributed by atoms with van der Waals surface area (Å²) in [7, 11) is 0. The molecule has 4 bridgehead atoms. The van der Waals surface area contributed by atoms with Crippen molar-refractivity contribution in [3.63, 3.8) is 0 Å². The molecule has 6 fully saturated rings. The van der Waals surface area contributed by atoms with Gasteiger partial charge >= 0.3 is 0 Å². The molecule has 150 valence electrons. The summed E-state index contributed by atoms with van der Waals surface area (Å²) in [5.41, 5.74) is 0.988. The van der Waals surface area contributed by atoms with Crippen LogP contribution in [-0.4, -0.2) is 22.6 Å². The molecule has 2 aromatic rings. The Balaban J connectivity index is 1.11. The first-order chi connectivity index (χ1) is 14.5. The van der Waals surface area contributed by atoms with E-state index in [0.29, 0.717) is 46.4 Å². The van der Waals surface area contributed by atoms with Gasteiger partial charge in [-0.3, -0.25) is 19.4 Å². The third-order valence-electron chi connectivity index (χ3n) is 8.65. The monoisotopic (exact) mass is 419 g/mol. The molecular formula is C23H18ClN3O3. The second-order valence-electron chi connectivity index (χ2n) is 9.38. The maximum absolute atomic E-state index is 13.3. The summed E-state index contributed by atoms with van der Waals surface area (Å²) in [6.07, 6.45) is 4.33. The minimum atomic E-state index is -0.465. The molecule has 2 amide bonds. The number of aromatic nitrogens is 1. The summed E-state index contributed by atoms with van der Waals surface area (Å²) < 4.78 is 0. The third-order valence-corrected chi connectivity index (χ3v) is 8.96. The Kier molecular flexibility index (Phi) is 3.00. The van der Waals surface area contributed by atoms with Crippen LogP contribution in [0.4, 0.5) is 11.4 Å². The molecule has 1 aromatic heterocycles. The Morgan fingerprint density at radius 2 is 1.97 bits per heavy atom. The van der Waals surface area contributed by atoms with Crippen molar-refractivity contribution in [1.29, 1.82) is 0 Å². The molecule has 2 N–H and O–H groups in total. The van der Waals surface area contributed by atoms with Crippen LogP contribution in [0.2, 0.25) is 5.02 Å². The van der Waals surface area contributed by atoms with E-state index in [0.717, 1.165) is 6.42 Å². The van der Waals surface area contributed by atoms with Gasteiger partial charge in [-0.25, -0.2) is 0 Å². The van der Waals surface area contributed by atoms with E-state index < -0.39 is 5.41 Å². The first-order valence-electron chi connectivity index (χ1n) is 10.4. The number of Topliss-reactive ketones (excluding diaryl/α,β-unsaturated/α-hetero) is 1. The number of halogens is 1. The molecule has 7 heteroatoms. The van der Waals surface area contributed by atoms with Crippen LogP contribution in [0.3, 0.4) is 0 Å². The molecule has 6 saturated carbocycles. The van der Waals surface area contributed by atoms with Crippen molar-refractivity contribution in [2.24, 2.45) is 46.8 Å². The number of ketones is 1. The number of benzene rings is 1. The van der Waals surface area contributed by atoms with Gasteiger partial charge < -0.3 is 10.6 Å². The lowest BCUT2D eigenvalue weighted by Crippen LogP contribution is -2.74. The lowest BCUT2D eigenvalue weighted by Gasteiger charge is -2.70. The van der Waals surface area contributed by atoms with E-state index in [1.54, 1.807) is 42.7 Å². The van der Waals surface area contributed by atoms with Gasteiger partial charge in [-0.1, -0.05) is 11.6 Å². The van der Waals surface area contributed by atoms with Crippen molar-refractivity contribution in [3.8, 4) is 0 Å². The largest absolute Gasteiger partial charge is 0.326 e. The van der Waals surface area contributed by atoms with Gasteiger partial charge in [0.15, 0.2) is 0 Å². The van der Waals surface area contributed by atoms with E-state index in [-0.39, 0.29) is 34.6 Å². The van der Waals surface area contributed by atoms with E-state index in [1.807, 2.05) is 0 Å². The molecular weight excluding hydrogens is 402 g/mol. The highest BCUT2D eigenvalue weighted by Gasteiger charge is 2.96. The van der Waals surface area contributed by atoms with Crippen molar-refractivity contribution in [3.05, 3.63) is 53.3 Å². The van der Waals surface area contributed by atoms with Gasteiger partial charge in [0.25, 0.3) is 5.91 Å². The number of amides is 2. The van der Waals surface area contributed by atoms with Crippen molar-refractivity contribution in [2.45, 2.75) is 6.42 Å². The molecule has 6 nitrogen and oxygen atoms in total. The highest BCUT2D eigenvalue weighted by atomic mass is 35.5.